The minimum absolute atomic E-state index is 0. The number of benzene rings is 1. The Kier molecular flexibility index (Phi) is 8.04. The van der Waals surface area contributed by atoms with Crippen molar-refractivity contribution in [3.8, 4) is 5.75 Å². The molecular formula is C14H19ClFNO4. The quantitative estimate of drug-likeness (QED) is 0.557. The Bertz CT molecular complexity index is 423. The fourth-order valence-electron chi connectivity index (χ4n) is 1.93. The first-order chi connectivity index (χ1) is 9.74. The molecule has 1 fully saturated rings. The first kappa shape index (κ1) is 17.7. The largest absolute Gasteiger partial charge is 1.00 e. The monoisotopic (exact) mass is 319 g/mol. The molecule has 2 rings (SSSR count). The van der Waals surface area contributed by atoms with Gasteiger partial charge in [0.2, 0.25) is 0 Å². The molecule has 1 aliphatic rings. The van der Waals surface area contributed by atoms with Gasteiger partial charge in [-0.2, -0.15) is 0 Å². The maximum Gasteiger partial charge on any atom is 0.344 e. The topological polar surface area (TPSA) is 49.2 Å². The van der Waals surface area contributed by atoms with Gasteiger partial charge in [0.25, 0.3) is 0 Å². The predicted molar refractivity (Wildman–Crippen MR) is 69.2 cm³/mol. The Balaban J connectivity index is 0.00000220. The normalized spacial score (nSPS) is 15.1. The van der Waals surface area contributed by atoms with Gasteiger partial charge >= 0.3 is 5.97 Å². The predicted octanol–water partition coefficient (Wildman–Crippen LogP) is -3.33. The van der Waals surface area contributed by atoms with Crippen LogP contribution in [0.4, 0.5) is 4.39 Å². The standard InChI is InChI=1S/C14H18FNO4.ClH/c15-12-1-3-13(4-2-12)20-11-14(17)19-10-7-16-5-8-18-9-6-16;/h1-4H,5-11H2;1H. The molecular weight excluding hydrogens is 301 g/mol. The maximum absolute atomic E-state index is 12.7. The molecule has 0 saturated carbocycles. The zero-order valence-corrected chi connectivity index (χ0v) is 12.4. The van der Waals surface area contributed by atoms with Crippen molar-refractivity contribution in [2.75, 3.05) is 46.1 Å². The number of hydrogen-bond acceptors (Lipinski definition) is 4. The van der Waals surface area contributed by atoms with Crippen molar-refractivity contribution in [1.29, 1.82) is 0 Å². The number of quaternary nitrogens is 1. The van der Waals surface area contributed by atoms with E-state index in [4.69, 9.17) is 14.2 Å². The van der Waals surface area contributed by atoms with Crippen molar-refractivity contribution in [2.24, 2.45) is 0 Å². The summed E-state index contributed by atoms with van der Waals surface area (Å²) in [7, 11) is 0. The minimum Gasteiger partial charge on any atom is -1.00 e. The van der Waals surface area contributed by atoms with Gasteiger partial charge in [-0.25, -0.2) is 9.18 Å². The zero-order valence-electron chi connectivity index (χ0n) is 11.6. The molecule has 1 aliphatic heterocycles. The number of carbonyl (C=O) groups is 1. The van der Waals surface area contributed by atoms with E-state index in [2.05, 4.69) is 0 Å². The zero-order chi connectivity index (χ0) is 14.2. The number of ether oxygens (including phenoxy) is 3. The first-order valence-corrected chi connectivity index (χ1v) is 6.69. The Labute approximate surface area is 129 Å². The van der Waals surface area contributed by atoms with E-state index in [-0.39, 0.29) is 24.8 Å². The molecule has 0 amide bonds. The minimum atomic E-state index is -0.415. The van der Waals surface area contributed by atoms with Gasteiger partial charge in [0.05, 0.1) is 13.2 Å². The maximum atomic E-state index is 12.7. The summed E-state index contributed by atoms with van der Waals surface area (Å²) in [6.07, 6.45) is 0. The molecule has 1 N–H and O–H groups in total. The fourth-order valence-corrected chi connectivity index (χ4v) is 1.93. The second-order valence-corrected chi connectivity index (χ2v) is 4.58. The van der Waals surface area contributed by atoms with Gasteiger partial charge in [-0.15, -0.1) is 0 Å². The van der Waals surface area contributed by atoms with E-state index in [9.17, 15) is 9.18 Å². The van der Waals surface area contributed by atoms with E-state index in [1.54, 1.807) is 0 Å². The third-order valence-electron chi connectivity index (χ3n) is 3.09. The summed E-state index contributed by atoms with van der Waals surface area (Å²) in [5, 5.41) is 0. The van der Waals surface area contributed by atoms with E-state index in [1.807, 2.05) is 0 Å². The van der Waals surface area contributed by atoms with Crippen LogP contribution in [0.5, 0.6) is 5.75 Å². The Morgan fingerprint density at radius 3 is 2.57 bits per heavy atom. The van der Waals surface area contributed by atoms with Crippen LogP contribution < -0.4 is 22.0 Å². The lowest BCUT2D eigenvalue weighted by Gasteiger charge is -2.23. The summed E-state index contributed by atoms with van der Waals surface area (Å²) in [6, 6.07) is 5.51. The molecule has 0 unspecified atom stereocenters. The molecule has 21 heavy (non-hydrogen) atoms. The molecule has 1 aromatic rings. The summed E-state index contributed by atoms with van der Waals surface area (Å²) in [5.74, 6) is -0.308. The molecule has 0 aromatic heterocycles. The van der Waals surface area contributed by atoms with Crippen LogP contribution in [0, 0.1) is 5.82 Å². The van der Waals surface area contributed by atoms with Gasteiger partial charge in [0, 0.05) is 0 Å². The highest BCUT2D eigenvalue weighted by Crippen LogP contribution is 2.10. The molecule has 0 radical (unpaired) electrons. The van der Waals surface area contributed by atoms with Crippen LogP contribution in [0.1, 0.15) is 0 Å². The van der Waals surface area contributed by atoms with E-state index in [0.29, 0.717) is 12.4 Å². The van der Waals surface area contributed by atoms with Crippen LogP contribution in [0.2, 0.25) is 0 Å². The number of rotatable bonds is 6. The number of hydrogen-bond donors (Lipinski definition) is 1. The number of halogens is 2. The van der Waals surface area contributed by atoms with Crippen molar-refractivity contribution >= 4 is 5.97 Å². The lowest BCUT2D eigenvalue weighted by molar-refractivity contribution is -0.908. The van der Waals surface area contributed by atoms with Crippen molar-refractivity contribution in [2.45, 2.75) is 0 Å². The van der Waals surface area contributed by atoms with Crippen LogP contribution in [-0.2, 0) is 14.3 Å². The van der Waals surface area contributed by atoms with Gasteiger partial charge in [0.1, 0.15) is 37.8 Å². The van der Waals surface area contributed by atoms with Crippen molar-refractivity contribution in [3.05, 3.63) is 30.1 Å². The van der Waals surface area contributed by atoms with Crippen LogP contribution in [0.25, 0.3) is 0 Å². The second kappa shape index (κ2) is 9.55. The van der Waals surface area contributed by atoms with E-state index in [0.717, 1.165) is 32.8 Å². The molecule has 0 aliphatic carbocycles. The molecule has 0 bridgehead atoms. The fraction of sp³-hybridized carbons (Fsp3) is 0.500. The van der Waals surface area contributed by atoms with E-state index < -0.39 is 5.97 Å². The summed E-state index contributed by atoms with van der Waals surface area (Å²) in [5.41, 5.74) is 0. The molecule has 0 spiro atoms. The summed E-state index contributed by atoms with van der Waals surface area (Å²) < 4.78 is 28.2. The molecule has 1 saturated heterocycles. The first-order valence-electron chi connectivity index (χ1n) is 6.69. The van der Waals surface area contributed by atoms with Gasteiger partial charge < -0.3 is 31.5 Å². The highest BCUT2D eigenvalue weighted by atomic mass is 35.5. The summed E-state index contributed by atoms with van der Waals surface area (Å²) in [4.78, 5) is 12.8. The number of morpholine rings is 1. The summed E-state index contributed by atoms with van der Waals surface area (Å²) >= 11 is 0. The third-order valence-corrected chi connectivity index (χ3v) is 3.09. The van der Waals surface area contributed by atoms with Crippen molar-refractivity contribution in [1.82, 2.24) is 0 Å². The molecule has 1 heterocycles. The number of nitrogens with one attached hydrogen (secondary N) is 1. The van der Waals surface area contributed by atoms with Gasteiger partial charge in [-0.3, -0.25) is 0 Å². The highest BCUT2D eigenvalue weighted by molar-refractivity contribution is 5.71. The molecule has 118 valence electrons. The summed E-state index contributed by atoms with van der Waals surface area (Å²) in [6.45, 7) is 4.41. The van der Waals surface area contributed by atoms with Crippen LogP contribution in [0.3, 0.4) is 0 Å². The second-order valence-electron chi connectivity index (χ2n) is 4.58. The average Bonchev–Trinajstić information content (AvgIpc) is 2.48. The Hall–Kier alpha value is -1.37. The van der Waals surface area contributed by atoms with Crippen LogP contribution >= 0.6 is 0 Å². The average molecular weight is 320 g/mol. The smallest absolute Gasteiger partial charge is 0.344 e. The lowest BCUT2D eigenvalue weighted by atomic mass is 10.3. The number of carbonyl (C=O) groups excluding carboxylic acids is 1. The van der Waals surface area contributed by atoms with E-state index in [1.165, 1.54) is 29.2 Å². The van der Waals surface area contributed by atoms with Crippen LogP contribution in [-0.4, -0.2) is 52.0 Å². The Morgan fingerprint density at radius 1 is 1.24 bits per heavy atom. The molecule has 5 nitrogen and oxygen atoms in total. The van der Waals surface area contributed by atoms with Gasteiger partial charge in [-0.05, 0) is 24.3 Å². The SMILES string of the molecule is O=C(COc1ccc(F)cc1)OCC[NH+]1CCOCC1.[Cl-]. The number of esters is 1. The van der Waals surface area contributed by atoms with Gasteiger partial charge in [0.15, 0.2) is 6.61 Å². The Morgan fingerprint density at radius 2 is 1.90 bits per heavy atom. The highest BCUT2D eigenvalue weighted by Gasteiger charge is 2.14. The van der Waals surface area contributed by atoms with Crippen LogP contribution in [0.15, 0.2) is 24.3 Å². The molecule has 1 aromatic carbocycles. The van der Waals surface area contributed by atoms with E-state index >= 15 is 0 Å². The molecule has 0 atom stereocenters. The lowest BCUT2D eigenvalue weighted by Crippen LogP contribution is -3.14. The third kappa shape index (κ3) is 6.75. The van der Waals surface area contributed by atoms with Gasteiger partial charge in [-0.1, -0.05) is 0 Å². The van der Waals surface area contributed by atoms with Crippen molar-refractivity contribution in [3.63, 3.8) is 0 Å². The molecule has 7 heteroatoms. The van der Waals surface area contributed by atoms with Crippen molar-refractivity contribution < 1.29 is 40.7 Å².